The molecule has 0 spiro atoms. The topological polar surface area (TPSA) is 31.0 Å². The van der Waals surface area contributed by atoms with E-state index >= 15 is 0 Å². The van der Waals surface area contributed by atoms with Crippen molar-refractivity contribution in [1.29, 1.82) is 0 Å². The Morgan fingerprint density at radius 1 is 0.481 bits per heavy atom. The lowest BCUT2D eigenvalue weighted by Crippen LogP contribution is -2.31. The fraction of sp³-hybridized carbons (Fsp3) is 0.0217. The van der Waals surface area contributed by atoms with Gasteiger partial charge >= 0.3 is 0 Å². The Morgan fingerprint density at radius 2 is 1.13 bits per heavy atom. The number of rotatable bonds is 5. The Hall–Kier alpha value is -6.26. The summed E-state index contributed by atoms with van der Waals surface area (Å²) in [6.07, 6.45) is 0. The summed E-state index contributed by atoms with van der Waals surface area (Å²) in [5.41, 5.74) is 11.0. The van der Waals surface area contributed by atoms with Crippen LogP contribution in [-0.2, 0) is 5.11 Å². The number of hydrogen-bond acceptors (Lipinski definition) is 2. The molecule has 0 unspecified atom stereocenters. The minimum Gasteiger partial charge on any atom is -0.456 e. The summed E-state index contributed by atoms with van der Waals surface area (Å²) in [7, 11) is 19.0. The summed E-state index contributed by atoms with van der Waals surface area (Å²) in [4.78, 5) is 4.77. The van der Waals surface area contributed by atoms with Crippen LogP contribution >= 0.6 is 0 Å². The molecule has 0 aliphatic rings. The molecular weight excluding hydrogens is 629 g/mol. The lowest BCUT2D eigenvalue weighted by atomic mass is 9.42. The maximum atomic E-state index is 6.40. The molecule has 0 amide bonds. The van der Waals surface area contributed by atoms with Crippen LogP contribution < -0.4 is 0 Å². The standard InChI is InChI=1S/C46H27B3N2O/c47-46(48,49)45-50-38-20-7-8-21-39(38)51(45)31-15-10-14-30(26-31)42-32-16-4-5-17-33(32)43(37-27-29(24-25-34(37)42)28-12-2-1-3-13-28)36-19-11-23-41-44(36)35-18-6-9-22-40(35)52-41/h1-27H. The average Bonchev–Trinajstić information content (AvgIpc) is 3.77. The van der Waals surface area contributed by atoms with Crippen LogP contribution in [0.5, 0.6) is 0 Å². The van der Waals surface area contributed by atoms with Crippen LogP contribution in [0.2, 0.25) is 0 Å². The molecule has 2 aromatic heterocycles. The predicted molar refractivity (Wildman–Crippen MR) is 219 cm³/mol. The minimum absolute atomic E-state index is 0.379. The Labute approximate surface area is 304 Å². The fourth-order valence-electron chi connectivity index (χ4n) is 7.95. The van der Waals surface area contributed by atoms with Crippen molar-refractivity contribution < 1.29 is 4.42 Å². The monoisotopic (exact) mass is 656 g/mol. The summed E-state index contributed by atoms with van der Waals surface area (Å²) >= 11 is 0. The third-order valence-electron chi connectivity index (χ3n) is 10.1. The first kappa shape index (κ1) is 30.6. The highest BCUT2D eigenvalue weighted by Crippen LogP contribution is 2.48. The summed E-state index contributed by atoms with van der Waals surface area (Å²) in [6.45, 7) is 0. The SMILES string of the molecule is [B]C([B])([B])c1nc2ccccc2n1-c1cccc(-c2c3ccccc3c(-c3cccc4oc5ccccc5c34)c3cc(-c4ccccc4)ccc23)c1. The van der Waals surface area contributed by atoms with Gasteiger partial charge in [0.05, 0.1) is 40.4 Å². The van der Waals surface area contributed by atoms with E-state index in [0.29, 0.717) is 5.82 Å². The molecule has 8 aromatic carbocycles. The molecule has 0 saturated heterocycles. The van der Waals surface area contributed by atoms with Crippen LogP contribution in [0.3, 0.4) is 0 Å². The maximum absolute atomic E-state index is 6.40. The molecule has 236 valence electrons. The van der Waals surface area contributed by atoms with Gasteiger partial charge in [-0.15, -0.1) is 0 Å². The molecule has 0 bridgehead atoms. The van der Waals surface area contributed by atoms with Gasteiger partial charge in [-0.05, 0) is 97.4 Å². The number of benzene rings is 8. The second-order valence-corrected chi connectivity index (χ2v) is 13.4. The van der Waals surface area contributed by atoms with Crippen LogP contribution in [0.4, 0.5) is 0 Å². The molecule has 0 aliphatic carbocycles. The molecule has 3 nitrogen and oxygen atoms in total. The van der Waals surface area contributed by atoms with Gasteiger partial charge in [0.1, 0.15) is 11.2 Å². The van der Waals surface area contributed by atoms with Crippen LogP contribution in [-0.4, -0.2) is 33.1 Å². The van der Waals surface area contributed by atoms with E-state index in [1.54, 1.807) is 0 Å². The maximum Gasteiger partial charge on any atom is 0.136 e. The van der Waals surface area contributed by atoms with Gasteiger partial charge in [-0.25, -0.2) is 4.98 Å². The molecular formula is C46H27B3N2O. The van der Waals surface area contributed by atoms with Crippen molar-refractivity contribution in [3.05, 3.63) is 170 Å². The van der Waals surface area contributed by atoms with Crippen LogP contribution in [0.15, 0.2) is 168 Å². The van der Waals surface area contributed by atoms with Gasteiger partial charge in [0, 0.05) is 16.5 Å². The third kappa shape index (κ3) is 4.75. The van der Waals surface area contributed by atoms with Gasteiger partial charge in [0.2, 0.25) is 0 Å². The smallest absolute Gasteiger partial charge is 0.136 e. The van der Waals surface area contributed by atoms with Crippen molar-refractivity contribution in [2.75, 3.05) is 0 Å². The number of para-hydroxylation sites is 3. The van der Waals surface area contributed by atoms with E-state index in [1.165, 1.54) is 5.56 Å². The second kappa shape index (κ2) is 11.6. The molecule has 10 aromatic rings. The molecule has 0 aliphatic heterocycles. The van der Waals surface area contributed by atoms with Crippen LogP contribution in [0.1, 0.15) is 5.82 Å². The molecule has 0 saturated carbocycles. The average molecular weight is 656 g/mol. The van der Waals surface area contributed by atoms with Crippen LogP contribution in [0, 0.1) is 0 Å². The van der Waals surface area contributed by atoms with Gasteiger partial charge < -0.3 is 4.42 Å². The molecule has 0 N–H and O–H groups in total. The molecule has 52 heavy (non-hydrogen) atoms. The third-order valence-corrected chi connectivity index (χ3v) is 10.1. The highest BCUT2D eigenvalue weighted by Gasteiger charge is 2.24. The summed E-state index contributed by atoms with van der Waals surface area (Å²) in [5, 5.41) is 5.13. The molecule has 2 heterocycles. The zero-order chi connectivity index (χ0) is 35.0. The van der Waals surface area contributed by atoms with Crippen molar-refractivity contribution in [3.63, 3.8) is 0 Å². The lowest BCUT2D eigenvalue weighted by Gasteiger charge is -2.22. The number of aromatic nitrogens is 2. The predicted octanol–water partition coefficient (Wildman–Crippen LogP) is 10.8. The molecule has 6 heteroatoms. The molecule has 0 fully saturated rings. The fourth-order valence-corrected chi connectivity index (χ4v) is 7.95. The first-order valence-electron chi connectivity index (χ1n) is 17.3. The first-order chi connectivity index (χ1) is 25.4. The van der Waals surface area contributed by atoms with Gasteiger partial charge in [-0.3, -0.25) is 4.57 Å². The Kier molecular flexibility index (Phi) is 6.84. The minimum atomic E-state index is -1.65. The highest BCUT2D eigenvalue weighted by atomic mass is 16.3. The summed E-state index contributed by atoms with van der Waals surface area (Å²) < 4.78 is 8.37. The number of fused-ring (bicyclic) bond motifs is 6. The van der Waals surface area contributed by atoms with Crippen molar-refractivity contribution in [3.8, 4) is 39.1 Å². The normalized spacial score (nSPS) is 12.1. The molecule has 10 rings (SSSR count). The number of nitrogens with zero attached hydrogens (tertiary/aromatic N) is 2. The highest BCUT2D eigenvalue weighted by molar-refractivity contribution is 6.58. The van der Waals surface area contributed by atoms with Crippen molar-refractivity contribution in [2.24, 2.45) is 0 Å². The quantitative estimate of drug-likeness (QED) is 0.136. The van der Waals surface area contributed by atoms with Crippen LogP contribution in [0.25, 0.3) is 93.6 Å². The van der Waals surface area contributed by atoms with Crippen molar-refractivity contribution in [1.82, 2.24) is 9.55 Å². The zero-order valence-electron chi connectivity index (χ0n) is 28.1. The van der Waals surface area contributed by atoms with Gasteiger partial charge in [-0.2, -0.15) is 0 Å². The van der Waals surface area contributed by atoms with E-state index in [0.717, 1.165) is 88.0 Å². The van der Waals surface area contributed by atoms with Gasteiger partial charge in [-0.1, -0.05) is 126 Å². The summed E-state index contributed by atoms with van der Waals surface area (Å²) in [6, 6.07) is 57.1. The van der Waals surface area contributed by atoms with Crippen molar-refractivity contribution in [2.45, 2.75) is 5.11 Å². The van der Waals surface area contributed by atoms with E-state index in [9.17, 15) is 0 Å². The Morgan fingerprint density at radius 3 is 1.96 bits per heavy atom. The number of furan rings is 1. The van der Waals surface area contributed by atoms with Gasteiger partial charge in [0.25, 0.3) is 0 Å². The largest absolute Gasteiger partial charge is 0.456 e. The van der Waals surface area contributed by atoms with E-state index in [4.69, 9.17) is 32.9 Å². The van der Waals surface area contributed by atoms with Crippen molar-refractivity contribution >= 4 is 78.1 Å². The Balaban J connectivity index is 1.32. The number of imidazole rings is 1. The second-order valence-electron chi connectivity index (χ2n) is 13.4. The Bertz CT molecular complexity index is 3010. The zero-order valence-corrected chi connectivity index (χ0v) is 28.1. The molecule has 0 atom stereocenters. The van der Waals surface area contributed by atoms with E-state index < -0.39 is 5.11 Å². The lowest BCUT2D eigenvalue weighted by molar-refractivity contribution is 0.669. The molecule has 6 radical (unpaired) electrons. The van der Waals surface area contributed by atoms with E-state index in [1.807, 2.05) is 47.0 Å². The first-order valence-corrected chi connectivity index (χ1v) is 17.3. The van der Waals surface area contributed by atoms with E-state index in [-0.39, 0.29) is 0 Å². The number of hydrogen-bond donors (Lipinski definition) is 0. The van der Waals surface area contributed by atoms with Gasteiger partial charge in [0.15, 0.2) is 0 Å². The van der Waals surface area contributed by atoms with E-state index in [2.05, 4.69) is 121 Å². The summed E-state index contributed by atoms with van der Waals surface area (Å²) in [5.74, 6) is 0.379.